The van der Waals surface area contributed by atoms with E-state index in [0.717, 1.165) is 5.56 Å². The molecule has 17 heavy (non-hydrogen) atoms. The zero-order valence-corrected chi connectivity index (χ0v) is 9.64. The van der Waals surface area contributed by atoms with E-state index in [0.29, 0.717) is 6.54 Å². The van der Waals surface area contributed by atoms with Crippen molar-refractivity contribution in [3.63, 3.8) is 0 Å². The van der Waals surface area contributed by atoms with Crippen molar-refractivity contribution < 1.29 is 14.7 Å². The van der Waals surface area contributed by atoms with Gasteiger partial charge in [-0.1, -0.05) is 30.3 Å². The molecule has 0 fully saturated rings. The van der Waals surface area contributed by atoms with Gasteiger partial charge in [0.05, 0.1) is 6.10 Å². The maximum atomic E-state index is 11.3. The van der Waals surface area contributed by atoms with Gasteiger partial charge in [-0.2, -0.15) is 0 Å². The number of aliphatic hydroxyl groups is 1. The van der Waals surface area contributed by atoms with E-state index in [1.165, 1.54) is 6.92 Å². The number of hydrogen-bond donors (Lipinski definition) is 3. The standard InChI is InChI=1S/C12H16N2O3/c1-9(15)7-13-11(16)12(17)14-8-10-5-3-2-4-6-10/h2-6,9,15H,7-8H2,1H3,(H,13,16)(H,14,17)/t9-/m0/s1. The lowest BCUT2D eigenvalue weighted by molar-refractivity contribution is -0.139. The summed E-state index contributed by atoms with van der Waals surface area (Å²) in [5.41, 5.74) is 0.921. The first kappa shape index (κ1) is 13.2. The van der Waals surface area contributed by atoms with Gasteiger partial charge in [0.1, 0.15) is 0 Å². The minimum absolute atomic E-state index is 0.0671. The van der Waals surface area contributed by atoms with Crippen molar-refractivity contribution in [3.05, 3.63) is 35.9 Å². The Morgan fingerprint density at radius 1 is 1.18 bits per heavy atom. The molecule has 5 heteroatoms. The molecule has 0 aliphatic carbocycles. The van der Waals surface area contributed by atoms with Crippen LogP contribution in [0.25, 0.3) is 0 Å². The monoisotopic (exact) mass is 236 g/mol. The van der Waals surface area contributed by atoms with Crippen molar-refractivity contribution in [2.24, 2.45) is 0 Å². The summed E-state index contributed by atoms with van der Waals surface area (Å²) in [4.78, 5) is 22.6. The summed E-state index contributed by atoms with van der Waals surface area (Å²) in [6.45, 7) is 1.90. The summed E-state index contributed by atoms with van der Waals surface area (Å²) >= 11 is 0. The molecule has 3 N–H and O–H groups in total. The number of rotatable bonds is 4. The van der Waals surface area contributed by atoms with Gasteiger partial charge in [-0.25, -0.2) is 0 Å². The SMILES string of the molecule is C[C@H](O)CNC(=O)C(=O)NCc1ccccc1. The highest BCUT2D eigenvalue weighted by atomic mass is 16.3. The molecule has 2 amide bonds. The molecular weight excluding hydrogens is 220 g/mol. The Morgan fingerprint density at radius 2 is 1.76 bits per heavy atom. The molecule has 1 rings (SSSR count). The lowest BCUT2D eigenvalue weighted by Gasteiger charge is -2.07. The van der Waals surface area contributed by atoms with Crippen molar-refractivity contribution in [1.29, 1.82) is 0 Å². The van der Waals surface area contributed by atoms with Crippen LogP contribution >= 0.6 is 0 Å². The first-order chi connectivity index (χ1) is 8.09. The minimum atomic E-state index is -0.734. The molecule has 1 aromatic carbocycles. The van der Waals surface area contributed by atoms with Crippen LogP contribution < -0.4 is 10.6 Å². The van der Waals surface area contributed by atoms with Gasteiger partial charge in [0, 0.05) is 13.1 Å². The summed E-state index contributed by atoms with van der Waals surface area (Å²) in [5.74, 6) is -1.43. The summed E-state index contributed by atoms with van der Waals surface area (Å²) < 4.78 is 0. The largest absolute Gasteiger partial charge is 0.392 e. The van der Waals surface area contributed by atoms with Crippen molar-refractivity contribution >= 4 is 11.8 Å². The van der Waals surface area contributed by atoms with Crippen LogP contribution in [0.1, 0.15) is 12.5 Å². The average Bonchev–Trinajstić information content (AvgIpc) is 2.34. The highest BCUT2D eigenvalue weighted by Crippen LogP contribution is 1.96. The molecule has 0 bridgehead atoms. The van der Waals surface area contributed by atoms with E-state index in [1.54, 1.807) is 0 Å². The van der Waals surface area contributed by atoms with E-state index in [9.17, 15) is 9.59 Å². The van der Waals surface area contributed by atoms with Crippen molar-refractivity contribution in [2.45, 2.75) is 19.6 Å². The van der Waals surface area contributed by atoms with E-state index in [-0.39, 0.29) is 6.54 Å². The third-order valence-electron chi connectivity index (χ3n) is 2.06. The topological polar surface area (TPSA) is 78.4 Å². The van der Waals surface area contributed by atoms with Crippen LogP contribution in [0.2, 0.25) is 0 Å². The average molecular weight is 236 g/mol. The second-order valence-electron chi connectivity index (χ2n) is 3.73. The Balaban J connectivity index is 2.32. The first-order valence-electron chi connectivity index (χ1n) is 5.37. The number of benzene rings is 1. The maximum Gasteiger partial charge on any atom is 0.309 e. The number of hydrogen-bond acceptors (Lipinski definition) is 3. The van der Waals surface area contributed by atoms with Crippen LogP contribution in [-0.4, -0.2) is 29.6 Å². The number of aliphatic hydroxyl groups excluding tert-OH is 1. The second-order valence-corrected chi connectivity index (χ2v) is 3.73. The van der Waals surface area contributed by atoms with Crippen molar-refractivity contribution in [3.8, 4) is 0 Å². The zero-order chi connectivity index (χ0) is 12.7. The molecule has 0 aliphatic heterocycles. The first-order valence-corrected chi connectivity index (χ1v) is 5.37. The van der Waals surface area contributed by atoms with Gasteiger partial charge in [0.2, 0.25) is 0 Å². The van der Waals surface area contributed by atoms with Gasteiger partial charge in [0.15, 0.2) is 0 Å². The van der Waals surface area contributed by atoms with Crippen LogP contribution in [0.3, 0.4) is 0 Å². The molecule has 0 saturated heterocycles. The predicted octanol–water partition coefficient (Wildman–Crippen LogP) is -0.200. The summed E-state index contributed by atoms with van der Waals surface area (Å²) in [6, 6.07) is 9.30. The third kappa shape index (κ3) is 5.12. The van der Waals surface area contributed by atoms with Gasteiger partial charge in [-0.05, 0) is 12.5 Å². The minimum Gasteiger partial charge on any atom is -0.392 e. The normalized spacial score (nSPS) is 11.6. The Labute approximate surface area is 99.8 Å². The lowest BCUT2D eigenvalue weighted by atomic mass is 10.2. The lowest BCUT2D eigenvalue weighted by Crippen LogP contribution is -2.41. The summed E-state index contributed by atoms with van der Waals surface area (Å²) in [6.07, 6.45) is -0.666. The number of nitrogens with one attached hydrogen (secondary N) is 2. The molecule has 0 spiro atoms. The molecule has 92 valence electrons. The van der Waals surface area contributed by atoms with Crippen LogP contribution in [0.4, 0.5) is 0 Å². The molecule has 0 radical (unpaired) electrons. The van der Waals surface area contributed by atoms with Crippen molar-refractivity contribution in [1.82, 2.24) is 10.6 Å². The van der Waals surface area contributed by atoms with Gasteiger partial charge in [-0.3, -0.25) is 9.59 Å². The molecule has 0 aliphatic rings. The highest BCUT2D eigenvalue weighted by molar-refractivity contribution is 6.35. The Morgan fingerprint density at radius 3 is 2.35 bits per heavy atom. The third-order valence-corrected chi connectivity index (χ3v) is 2.06. The van der Waals surface area contributed by atoms with Crippen LogP contribution in [0.15, 0.2) is 30.3 Å². The second kappa shape index (κ2) is 6.65. The maximum absolute atomic E-state index is 11.3. The summed E-state index contributed by atoms with van der Waals surface area (Å²) in [5, 5.41) is 13.8. The fourth-order valence-electron chi connectivity index (χ4n) is 1.18. The number of carbonyl (C=O) groups is 2. The predicted molar refractivity (Wildman–Crippen MR) is 63.0 cm³/mol. The number of amides is 2. The van der Waals surface area contributed by atoms with E-state index < -0.39 is 17.9 Å². The van der Waals surface area contributed by atoms with E-state index in [2.05, 4.69) is 10.6 Å². The molecule has 1 atom stereocenters. The van der Waals surface area contributed by atoms with Gasteiger partial charge < -0.3 is 15.7 Å². The molecule has 5 nitrogen and oxygen atoms in total. The Kier molecular flexibility index (Phi) is 5.16. The van der Waals surface area contributed by atoms with Gasteiger partial charge in [-0.15, -0.1) is 0 Å². The summed E-state index contributed by atoms with van der Waals surface area (Å²) in [7, 11) is 0. The zero-order valence-electron chi connectivity index (χ0n) is 9.64. The molecular formula is C12H16N2O3. The Hall–Kier alpha value is -1.88. The van der Waals surface area contributed by atoms with E-state index >= 15 is 0 Å². The van der Waals surface area contributed by atoms with E-state index in [1.807, 2.05) is 30.3 Å². The smallest absolute Gasteiger partial charge is 0.309 e. The highest BCUT2D eigenvalue weighted by Gasteiger charge is 2.12. The quantitative estimate of drug-likeness (QED) is 0.633. The fraction of sp³-hybridized carbons (Fsp3) is 0.333. The van der Waals surface area contributed by atoms with Crippen LogP contribution in [0.5, 0.6) is 0 Å². The van der Waals surface area contributed by atoms with Crippen LogP contribution in [-0.2, 0) is 16.1 Å². The van der Waals surface area contributed by atoms with E-state index in [4.69, 9.17) is 5.11 Å². The molecule has 0 unspecified atom stereocenters. The van der Waals surface area contributed by atoms with Crippen LogP contribution in [0, 0.1) is 0 Å². The van der Waals surface area contributed by atoms with Crippen molar-refractivity contribution in [2.75, 3.05) is 6.54 Å². The molecule has 0 heterocycles. The molecule has 1 aromatic rings. The molecule has 0 saturated carbocycles. The van der Waals surface area contributed by atoms with Gasteiger partial charge >= 0.3 is 11.8 Å². The number of carbonyl (C=O) groups excluding carboxylic acids is 2. The molecule has 0 aromatic heterocycles. The Bertz CT molecular complexity index is 377. The fourth-order valence-corrected chi connectivity index (χ4v) is 1.18. The van der Waals surface area contributed by atoms with Gasteiger partial charge in [0.25, 0.3) is 0 Å².